The minimum Gasteiger partial charge on any atom is -0.303 e. The van der Waals surface area contributed by atoms with E-state index in [1.807, 2.05) is 0 Å². The van der Waals surface area contributed by atoms with Gasteiger partial charge in [0.1, 0.15) is 6.29 Å². The SMILES string of the molecule is CC(C)([C@H]1C[C@H]1C=O)S(C)(=O)=O. The maximum Gasteiger partial charge on any atom is 0.152 e. The van der Waals surface area contributed by atoms with E-state index in [0.29, 0.717) is 0 Å². The van der Waals surface area contributed by atoms with Crippen molar-refractivity contribution in [2.75, 3.05) is 6.26 Å². The van der Waals surface area contributed by atoms with E-state index in [0.717, 1.165) is 12.7 Å². The van der Waals surface area contributed by atoms with Crippen molar-refractivity contribution in [2.45, 2.75) is 25.0 Å². The van der Waals surface area contributed by atoms with E-state index in [4.69, 9.17) is 0 Å². The molecule has 1 aliphatic carbocycles. The third kappa shape index (κ3) is 1.40. The Hall–Kier alpha value is -0.380. The topological polar surface area (TPSA) is 51.2 Å². The molecule has 0 aromatic rings. The van der Waals surface area contributed by atoms with Crippen LogP contribution in [0.2, 0.25) is 0 Å². The van der Waals surface area contributed by atoms with Crippen LogP contribution in [0.5, 0.6) is 0 Å². The van der Waals surface area contributed by atoms with Gasteiger partial charge in [0.2, 0.25) is 0 Å². The maximum absolute atomic E-state index is 11.3. The lowest BCUT2D eigenvalue weighted by Gasteiger charge is -2.21. The summed E-state index contributed by atoms with van der Waals surface area (Å²) in [6.45, 7) is 3.38. The van der Waals surface area contributed by atoms with E-state index in [9.17, 15) is 13.2 Å². The van der Waals surface area contributed by atoms with Gasteiger partial charge in [-0.2, -0.15) is 0 Å². The predicted molar refractivity (Wildman–Crippen MR) is 46.6 cm³/mol. The van der Waals surface area contributed by atoms with Gasteiger partial charge in [-0.25, -0.2) is 8.42 Å². The average Bonchev–Trinajstić information content (AvgIpc) is 2.62. The highest BCUT2D eigenvalue weighted by Gasteiger charge is 2.52. The van der Waals surface area contributed by atoms with Crippen LogP contribution in [-0.2, 0) is 14.6 Å². The number of carbonyl (C=O) groups is 1. The molecular formula is C8H14O3S. The molecule has 3 nitrogen and oxygen atoms in total. The van der Waals surface area contributed by atoms with Crippen LogP contribution in [0.25, 0.3) is 0 Å². The van der Waals surface area contributed by atoms with Crippen molar-refractivity contribution >= 4 is 16.1 Å². The Morgan fingerprint density at radius 1 is 1.42 bits per heavy atom. The van der Waals surface area contributed by atoms with Gasteiger partial charge >= 0.3 is 0 Å². The fourth-order valence-corrected chi connectivity index (χ4v) is 2.26. The van der Waals surface area contributed by atoms with E-state index in [-0.39, 0.29) is 11.8 Å². The van der Waals surface area contributed by atoms with Gasteiger partial charge in [0, 0.05) is 12.2 Å². The molecule has 12 heavy (non-hydrogen) atoms. The molecule has 0 bridgehead atoms. The summed E-state index contributed by atoms with van der Waals surface area (Å²) in [6.07, 6.45) is 2.81. The highest BCUT2D eigenvalue weighted by Crippen LogP contribution is 2.48. The molecule has 0 aromatic heterocycles. The summed E-state index contributed by atoms with van der Waals surface area (Å²) in [5.41, 5.74) is 0. The van der Waals surface area contributed by atoms with Crippen molar-refractivity contribution in [2.24, 2.45) is 11.8 Å². The van der Waals surface area contributed by atoms with Gasteiger partial charge in [0.05, 0.1) is 4.75 Å². The lowest BCUT2D eigenvalue weighted by Crippen LogP contribution is -2.34. The number of carbonyl (C=O) groups excluding carboxylic acids is 1. The standard InChI is InChI=1S/C8H14O3S/c1-8(2,12(3,10)11)7-4-6(7)5-9/h5-7H,4H2,1-3H3/t6-,7-/m0/s1. The number of hydrogen-bond acceptors (Lipinski definition) is 3. The van der Waals surface area contributed by atoms with Gasteiger partial charge in [-0.1, -0.05) is 0 Å². The number of aldehydes is 1. The zero-order valence-electron chi connectivity index (χ0n) is 7.57. The zero-order chi connectivity index (χ0) is 9.57. The van der Waals surface area contributed by atoms with Crippen LogP contribution >= 0.6 is 0 Å². The minimum atomic E-state index is -3.04. The second-order valence-electron chi connectivity index (χ2n) is 4.02. The monoisotopic (exact) mass is 190 g/mol. The van der Waals surface area contributed by atoms with Crippen molar-refractivity contribution < 1.29 is 13.2 Å². The lowest BCUT2D eigenvalue weighted by atomic mass is 10.1. The predicted octanol–water partition coefficient (Wildman–Crippen LogP) is 0.645. The zero-order valence-corrected chi connectivity index (χ0v) is 8.39. The fraction of sp³-hybridized carbons (Fsp3) is 0.875. The molecular weight excluding hydrogens is 176 g/mol. The van der Waals surface area contributed by atoms with Gasteiger partial charge in [0.25, 0.3) is 0 Å². The summed E-state index contributed by atoms with van der Waals surface area (Å²) < 4.78 is 21.8. The lowest BCUT2D eigenvalue weighted by molar-refractivity contribution is -0.109. The van der Waals surface area contributed by atoms with Crippen LogP contribution in [0.3, 0.4) is 0 Å². The maximum atomic E-state index is 11.3. The first-order valence-corrected chi connectivity index (χ1v) is 5.84. The third-order valence-corrected chi connectivity index (χ3v) is 5.08. The van der Waals surface area contributed by atoms with Gasteiger partial charge in [-0.15, -0.1) is 0 Å². The van der Waals surface area contributed by atoms with Crippen LogP contribution in [0.4, 0.5) is 0 Å². The largest absolute Gasteiger partial charge is 0.303 e. The van der Waals surface area contributed by atoms with Crippen LogP contribution in [0.15, 0.2) is 0 Å². The van der Waals surface area contributed by atoms with E-state index in [1.54, 1.807) is 13.8 Å². The minimum absolute atomic E-state index is 0.0324. The van der Waals surface area contributed by atoms with E-state index < -0.39 is 14.6 Å². The van der Waals surface area contributed by atoms with Crippen LogP contribution in [-0.4, -0.2) is 25.7 Å². The highest BCUT2D eigenvalue weighted by atomic mass is 32.2. The van der Waals surface area contributed by atoms with E-state index in [2.05, 4.69) is 0 Å². The second-order valence-corrected chi connectivity index (χ2v) is 6.61. The molecule has 1 saturated carbocycles. The smallest absolute Gasteiger partial charge is 0.152 e. The second kappa shape index (κ2) is 2.55. The average molecular weight is 190 g/mol. The number of rotatable bonds is 3. The Bertz CT molecular complexity index is 289. The van der Waals surface area contributed by atoms with Gasteiger partial charge < -0.3 is 4.79 Å². The van der Waals surface area contributed by atoms with Crippen LogP contribution in [0, 0.1) is 11.8 Å². The summed E-state index contributed by atoms with van der Waals surface area (Å²) >= 11 is 0. The summed E-state index contributed by atoms with van der Waals surface area (Å²) in [6, 6.07) is 0. The van der Waals surface area contributed by atoms with Crippen LogP contribution in [0.1, 0.15) is 20.3 Å². The molecule has 0 spiro atoms. The molecule has 4 heteroatoms. The van der Waals surface area contributed by atoms with Crippen molar-refractivity contribution in [1.82, 2.24) is 0 Å². The summed E-state index contributed by atoms with van der Waals surface area (Å²) in [7, 11) is -3.04. The van der Waals surface area contributed by atoms with Gasteiger partial charge in [-0.05, 0) is 26.2 Å². The molecule has 0 N–H and O–H groups in total. The molecule has 2 atom stereocenters. The molecule has 0 radical (unpaired) electrons. The molecule has 0 aromatic carbocycles. The first-order valence-electron chi connectivity index (χ1n) is 3.95. The van der Waals surface area contributed by atoms with E-state index >= 15 is 0 Å². The third-order valence-electron chi connectivity index (χ3n) is 2.86. The number of hydrogen-bond donors (Lipinski definition) is 0. The molecule has 0 unspecified atom stereocenters. The molecule has 0 heterocycles. The van der Waals surface area contributed by atoms with E-state index in [1.165, 1.54) is 6.26 Å². The van der Waals surface area contributed by atoms with Gasteiger partial charge in [0.15, 0.2) is 9.84 Å². The number of sulfone groups is 1. The normalized spacial score (nSPS) is 29.9. The molecule has 70 valence electrons. The Labute approximate surface area is 73.1 Å². The molecule has 1 aliphatic rings. The van der Waals surface area contributed by atoms with Crippen molar-refractivity contribution in [3.8, 4) is 0 Å². The Kier molecular flexibility index (Phi) is 2.07. The summed E-state index contributed by atoms with van der Waals surface area (Å²) in [4.78, 5) is 10.4. The first kappa shape index (κ1) is 9.71. The molecule has 0 amide bonds. The summed E-state index contributed by atoms with van der Waals surface area (Å²) in [5.74, 6) is -0.000255. The first-order chi connectivity index (χ1) is 5.30. The molecule has 0 saturated heterocycles. The quantitative estimate of drug-likeness (QED) is 0.614. The molecule has 1 rings (SSSR count). The fourth-order valence-electron chi connectivity index (χ4n) is 1.44. The Morgan fingerprint density at radius 2 is 1.92 bits per heavy atom. The molecule has 0 aliphatic heterocycles. The van der Waals surface area contributed by atoms with Crippen molar-refractivity contribution in [1.29, 1.82) is 0 Å². The summed E-state index contributed by atoms with van der Waals surface area (Å²) in [5, 5.41) is 0. The molecule has 1 fully saturated rings. The highest BCUT2D eigenvalue weighted by molar-refractivity contribution is 7.92. The van der Waals surface area contributed by atoms with Crippen LogP contribution < -0.4 is 0 Å². The Balaban J connectivity index is 2.82. The van der Waals surface area contributed by atoms with Crippen molar-refractivity contribution in [3.05, 3.63) is 0 Å². The Morgan fingerprint density at radius 3 is 2.17 bits per heavy atom. The van der Waals surface area contributed by atoms with Gasteiger partial charge in [-0.3, -0.25) is 0 Å². The van der Waals surface area contributed by atoms with Crippen molar-refractivity contribution in [3.63, 3.8) is 0 Å².